The summed E-state index contributed by atoms with van der Waals surface area (Å²) in [5, 5.41) is 13.6. The lowest BCUT2D eigenvalue weighted by molar-refractivity contribution is -0.384. The molecule has 1 saturated heterocycles. The van der Waals surface area contributed by atoms with Crippen LogP contribution in [0.3, 0.4) is 0 Å². The second kappa shape index (κ2) is 8.91. The molecule has 9 nitrogen and oxygen atoms in total. The maximum absolute atomic E-state index is 13.2. The number of methoxy groups -OCH3 is 1. The van der Waals surface area contributed by atoms with Gasteiger partial charge >= 0.3 is 0 Å². The van der Waals surface area contributed by atoms with Crippen molar-refractivity contribution in [2.75, 3.05) is 12.0 Å². The highest BCUT2D eigenvalue weighted by Gasteiger charge is 2.35. The number of nitro groups is 1. The predicted molar refractivity (Wildman–Crippen MR) is 129 cm³/mol. The number of nitrogens with one attached hydrogen (secondary N) is 1. The van der Waals surface area contributed by atoms with Crippen molar-refractivity contribution >= 4 is 46.6 Å². The van der Waals surface area contributed by atoms with Gasteiger partial charge in [0.1, 0.15) is 22.8 Å². The van der Waals surface area contributed by atoms with Crippen LogP contribution in [0.2, 0.25) is 0 Å². The van der Waals surface area contributed by atoms with Gasteiger partial charge in [0.05, 0.1) is 29.4 Å². The molecular formula is C24H19N3O6S. The van der Waals surface area contributed by atoms with E-state index >= 15 is 0 Å². The molecule has 3 aromatic rings. The summed E-state index contributed by atoms with van der Waals surface area (Å²) in [7, 11) is 1.39. The zero-order valence-corrected chi connectivity index (χ0v) is 19.3. The van der Waals surface area contributed by atoms with Gasteiger partial charge in [0.25, 0.3) is 17.5 Å². The average Bonchev–Trinajstić information content (AvgIpc) is 3.23. The van der Waals surface area contributed by atoms with Gasteiger partial charge in [0.15, 0.2) is 5.11 Å². The minimum atomic E-state index is -0.638. The Morgan fingerprint density at radius 1 is 1.09 bits per heavy atom. The second-order valence-electron chi connectivity index (χ2n) is 7.65. The lowest BCUT2D eigenvalue weighted by Crippen LogP contribution is -2.54. The molecule has 10 heteroatoms. The van der Waals surface area contributed by atoms with Gasteiger partial charge < -0.3 is 9.15 Å². The first-order valence-corrected chi connectivity index (χ1v) is 10.5. The standard InChI is InChI=1S/C24H19N3O6S/c1-13-8-14(2)10-16(9-13)26-23(29)19(22(28)25-24(26)34)12-17-5-7-20(33-17)18-6-4-15(27(30)31)11-21(18)32-3/h4-12H,1-3H3,(H,25,28,34). The molecule has 0 unspecified atom stereocenters. The number of thiocarbonyl (C=S) groups is 1. The Labute approximate surface area is 199 Å². The number of hydrogen-bond donors (Lipinski definition) is 1. The van der Waals surface area contributed by atoms with Crippen LogP contribution >= 0.6 is 12.2 Å². The zero-order valence-electron chi connectivity index (χ0n) is 18.4. The van der Waals surface area contributed by atoms with Gasteiger partial charge in [-0.2, -0.15) is 0 Å². The van der Waals surface area contributed by atoms with Crippen LogP contribution in [0.1, 0.15) is 16.9 Å². The fourth-order valence-electron chi connectivity index (χ4n) is 3.69. The topological polar surface area (TPSA) is 115 Å². The predicted octanol–water partition coefficient (Wildman–Crippen LogP) is 4.31. The van der Waals surface area contributed by atoms with Crippen LogP contribution < -0.4 is 15.0 Å². The minimum absolute atomic E-state index is 0.00657. The molecule has 0 saturated carbocycles. The number of rotatable bonds is 5. The number of aryl methyl sites for hydroxylation is 2. The molecule has 1 aliphatic heterocycles. The summed E-state index contributed by atoms with van der Waals surface area (Å²) in [5.74, 6) is -0.377. The fourth-order valence-corrected chi connectivity index (χ4v) is 3.97. The van der Waals surface area contributed by atoms with Crippen molar-refractivity contribution in [3.05, 3.63) is 81.1 Å². The molecule has 1 fully saturated rings. The van der Waals surface area contributed by atoms with Gasteiger partial charge in [0, 0.05) is 6.07 Å². The second-order valence-corrected chi connectivity index (χ2v) is 8.03. The smallest absolute Gasteiger partial charge is 0.273 e. The number of nitro benzene ring substituents is 1. The van der Waals surface area contributed by atoms with E-state index in [0.717, 1.165) is 11.1 Å². The summed E-state index contributed by atoms with van der Waals surface area (Å²) in [5.41, 5.74) is 2.65. The molecule has 0 bridgehead atoms. The molecule has 2 amide bonds. The molecule has 34 heavy (non-hydrogen) atoms. The van der Waals surface area contributed by atoms with Crippen molar-refractivity contribution in [2.45, 2.75) is 13.8 Å². The quantitative estimate of drug-likeness (QED) is 0.191. The number of benzene rings is 2. The van der Waals surface area contributed by atoms with E-state index in [0.29, 0.717) is 17.0 Å². The van der Waals surface area contributed by atoms with E-state index in [2.05, 4.69) is 5.32 Å². The average molecular weight is 477 g/mol. The summed E-state index contributed by atoms with van der Waals surface area (Å²) in [6, 6.07) is 12.9. The van der Waals surface area contributed by atoms with Crippen LogP contribution in [0.25, 0.3) is 17.4 Å². The van der Waals surface area contributed by atoms with Crippen LogP contribution in [0.15, 0.2) is 58.5 Å². The number of carbonyl (C=O) groups excluding carboxylic acids is 2. The maximum atomic E-state index is 13.2. The highest BCUT2D eigenvalue weighted by atomic mass is 32.1. The number of amides is 2. The zero-order chi connectivity index (χ0) is 24.6. The van der Waals surface area contributed by atoms with E-state index in [1.165, 1.54) is 36.3 Å². The van der Waals surface area contributed by atoms with Crippen molar-refractivity contribution in [3.63, 3.8) is 0 Å². The van der Waals surface area contributed by atoms with Gasteiger partial charge in [-0.1, -0.05) is 6.07 Å². The number of ether oxygens (including phenoxy) is 1. The number of furan rings is 1. The highest BCUT2D eigenvalue weighted by molar-refractivity contribution is 7.80. The Hall–Kier alpha value is -4.31. The normalized spacial score (nSPS) is 15.0. The molecule has 4 rings (SSSR count). The van der Waals surface area contributed by atoms with Crippen molar-refractivity contribution < 1.29 is 23.7 Å². The van der Waals surface area contributed by atoms with E-state index < -0.39 is 16.7 Å². The summed E-state index contributed by atoms with van der Waals surface area (Å²) >= 11 is 5.25. The Balaban J connectivity index is 1.69. The first kappa shape index (κ1) is 22.9. The lowest BCUT2D eigenvalue weighted by atomic mass is 10.1. The van der Waals surface area contributed by atoms with Gasteiger partial charge in [-0.3, -0.25) is 29.9 Å². The van der Waals surface area contributed by atoms with Gasteiger partial charge in [-0.15, -0.1) is 0 Å². The molecule has 1 aromatic heterocycles. The molecule has 0 atom stereocenters. The molecule has 1 aliphatic rings. The Bertz CT molecular complexity index is 1370. The Morgan fingerprint density at radius 2 is 1.79 bits per heavy atom. The molecule has 172 valence electrons. The first-order chi connectivity index (χ1) is 16.2. The van der Waals surface area contributed by atoms with Crippen LogP contribution in [0.4, 0.5) is 11.4 Å². The minimum Gasteiger partial charge on any atom is -0.496 e. The Kier molecular flexibility index (Phi) is 5.99. The van der Waals surface area contributed by atoms with Crippen LogP contribution in [-0.4, -0.2) is 29.0 Å². The van der Waals surface area contributed by atoms with Crippen LogP contribution in [-0.2, 0) is 9.59 Å². The van der Waals surface area contributed by atoms with Gasteiger partial charge in [0.2, 0.25) is 0 Å². The molecule has 2 heterocycles. The summed E-state index contributed by atoms with van der Waals surface area (Å²) in [4.78, 5) is 37.6. The largest absolute Gasteiger partial charge is 0.496 e. The fraction of sp³-hybridized carbons (Fsp3) is 0.125. The monoisotopic (exact) mass is 477 g/mol. The molecular weight excluding hydrogens is 458 g/mol. The van der Waals surface area contributed by atoms with Crippen molar-refractivity contribution in [1.29, 1.82) is 0 Å². The van der Waals surface area contributed by atoms with E-state index in [4.69, 9.17) is 21.4 Å². The van der Waals surface area contributed by atoms with E-state index in [9.17, 15) is 19.7 Å². The van der Waals surface area contributed by atoms with Crippen LogP contribution in [0.5, 0.6) is 5.75 Å². The van der Waals surface area contributed by atoms with Crippen molar-refractivity contribution in [2.24, 2.45) is 0 Å². The molecule has 0 spiro atoms. The third-order valence-corrected chi connectivity index (χ3v) is 5.43. The van der Waals surface area contributed by atoms with Crippen LogP contribution in [0, 0.1) is 24.0 Å². The SMILES string of the molecule is COc1cc([N+](=O)[O-])ccc1-c1ccc(C=C2C(=O)NC(=S)N(c3cc(C)cc(C)c3)C2=O)o1. The summed E-state index contributed by atoms with van der Waals surface area (Å²) in [6.45, 7) is 3.81. The van der Waals surface area contributed by atoms with E-state index in [-0.39, 0.29) is 27.9 Å². The number of hydrogen-bond acceptors (Lipinski definition) is 7. The first-order valence-electron chi connectivity index (χ1n) is 10.1. The van der Waals surface area contributed by atoms with E-state index in [1.807, 2.05) is 19.9 Å². The lowest BCUT2D eigenvalue weighted by Gasteiger charge is -2.29. The third-order valence-electron chi connectivity index (χ3n) is 5.14. The number of non-ortho nitro benzene ring substituents is 1. The number of nitrogens with zero attached hydrogens (tertiary/aromatic N) is 2. The van der Waals surface area contributed by atoms with E-state index in [1.54, 1.807) is 24.3 Å². The summed E-state index contributed by atoms with van der Waals surface area (Å²) in [6.07, 6.45) is 1.33. The van der Waals surface area contributed by atoms with Crippen molar-refractivity contribution in [3.8, 4) is 17.1 Å². The molecule has 0 radical (unpaired) electrons. The van der Waals surface area contributed by atoms with Gasteiger partial charge in [-0.25, -0.2) is 0 Å². The third kappa shape index (κ3) is 4.30. The number of anilines is 1. The summed E-state index contributed by atoms with van der Waals surface area (Å²) < 4.78 is 11.1. The van der Waals surface area contributed by atoms with Crippen molar-refractivity contribution in [1.82, 2.24) is 5.32 Å². The number of carbonyl (C=O) groups is 2. The van der Waals surface area contributed by atoms with Gasteiger partial charge in [-0.05, 0) is 73.6 Å². The molecule has 2 aromatic carbocycles. The molecule has 0 aliphatic carbocycles. The molecule has 1 N–H and O–H groups in total. The highest BCUT2D eigenvalue weighted by Crippen LogP contribution is 2.35. The maximum Gasteiger partial charge on any atom is 0.273 e. The Morgan fingerprint density at radius 3 is 2.44 bits per heavy atom.